The first-order chi connectivity index (χ1) is 11.5. The number of rotatable bonds is 8. The molecule has 0 atom stereocenters. The van der Waals surface area contributed by atoms with Crippen LogP contribution in [0.5, 0.6) is 0 Å². The fraction of sp³-hybridized carbons (Fsp3) is 0.312. The van der Waals surface area contributed by atoms with E-state index in [0.717, 1.165) is 17.7 Å². The summed E-state index contributed by atoms with van der Waals surface area (Å²) in [5, 5.41) is 19.7. The zero-order valence-corrected chi connectivity index (χ0v) is 14.5. The molecule has 24 heavy (non-hydrogen) atoms. The fourth-order valence-corrected chi connectivity index (χ4v) is 3.26. The van der Waals surface area contributed by atoms with E-state index in [1.54, 1.807) is 16.7 Å². The maximum absolute atomic E-state index is 11.4. The van der Waals surface area contributed by atoms with Crippen LogP contribution >= 0.6 is 23.4 Å². The Labute approximate surface area is 148 Å². The molecule has 0 saturated heterocycles. The van der Waals surface area contributed by atoms with Gasteiger partial charge < -0.3 is 14.8 Å². The highest BCUT2D eigenvalue weighted by Gasteiger charge is 2.32. The summed E-state index contributed by atoms with van der Waals surface area (Å²) in [6.45, 7) is 2.28. The summed E-state index contributed by atoms with van der Waals surface area (Å²) in [7, 11) is 0. The summed E-state index contributed by atoms with van der Waals surface area (Å²) >= 11 is 7.64. The molecule has 1 aromatic heterocycles. The molecule has 2 N–H and O–H groups in total. The van der Waals surface area contributed by atoms with Gasteiger partial charge in [-0.3, -0.25) is 9.59 Å². The van der Waals surface area contributed by atoms with Crippen molar-refractivity contribution in [3.63, 3.8) is 0 Å². The van der Waals surface area contributed by atoms with Gasteiger partial charge in [0.25, 0.3) is 0 Å². The Morgan fingerprint density at radius 1 is 1.29 bits per heavy atom. The quantitative estimate of drug-likeness (QED) is 0.548. The Hall–Kier alpha value is -1.99. The maximum atomic E-state index is 11.4. The number of hydrogen-bond donors (Lipinski definition) is 2. The molecule has 0 amide bonds. The minimum atomic E-state index is -1.67. The number of imidazole rings is 1. The molecule has 0 aliphatic heterocycles. The molecule has 0 unspecified atom stereocenters. The lowest BCUT2D eigenvalue weighted by molar-refractivity contribution is -0.150. The van der Waals surface area contributed by atoms with Crippen LogP contribution in [0.2, 0.25) is 5.02 Å². The van der Waals surface area contributed by atoms with Gasteiger partial charge in [-0.15, -0.1) is 0 Å². The van der Waals surface area contributed by atoms with Gasteiger partial charge in [0.1, 0.15) is 0 Å². The number of halogens is 1. The molecule has 6 nitrogen and oxygen atoms in total. The topological polar surface area (TPSA) is 92.4 Å². The van der Waals surface area contributed by atoms with E-state index in [9.17, 15) is 19.8 Å². The Morgan fingerprint density at radius 3 is 2.54 bits per heavy atom. The number of aromatic nitrogens is 2. The number of nitrogens with zero attached hydrogens (tertiary/aromatic N) is 2. The van der Waals surface area contributed by atoms with Crippen LogP contribution in [0.25, 0.3) is 0 Å². The number of aliphatic carboxylic acids is 2. The fourth-order valence-electron chi connectivity index (χ4n) is 2.22. The molecule has 2 rings (SSSR count). The average molecular weight is 369 g/mol. The van der Waals surface area contributed by atoms with E-state index in [0.29, 0.717) is 10.2 Å². The second kappa shape index (κ2) is 8.21. The van der Waals surface area contributed by atoms with Crippen LogP contribution in [0.15, 0.2) is 35.6 Å². The molecule has 8 heteroatoms. The molecule has 0 bridgehead atoms. The van der Waals surface area contributed by atoms with E-state index in [1.165, 1.54) is 18.0 Å². The van der Waals surface area contributed by atoms with Crippen molar-refractivity contribution in [2.24, 2.45) is 0 Å². The summed E-state index contributed by atoms with van der Waals surface area (Å²) in [5.41, 5.74) is 0.903. The van der Waals surface area contributed by atoms with Crippen molar-refractivity contribution in [3.05, 3.63) is 46.7 Å². The SMILES string of the molecule is CCCSc1ncc(C(C(=O)O)C(=O)O)n1Cc1ccccc1Cl. The van der Waals surface area contributed by atoms with Crippen LogP contribution in [0.3, 0.4) is 0 Å². The van der Waals surface area contributed by atoms with Gasteiger partial charge in [0.2, 0.25) is 0 Å². The summed E-state index contributed by atoms with van der Waals surface area (Å²) < 4.78 is 1.62. The first-order valence-electron chi connectivity index (χ1n) is 7.33. The van der Waals surface area contributed by atoms with Gasteiger partial charge >= 0.3 is 11.9 Å². The molecule has 0 aliphatic carbocycles. The first kappa shape index (κ1) is 18.4. The minimum absolute atomic E-state index is 0.133. The number of hydrogen-bond acceptors (Lipinski definition) is 4. The summed E-state index contributed by atoms with van der Waals surface area (Å²) in [6, 6.07) is 7.17. The van der Waals surface area contributed by atoms with Crippen LogP contribution in [0.4, 0.5) is 0 Å². The highest BCUT2D eigenvalue weighted by Crippen LogP contribution is 2.27. The van der Waals surface area contributed by atoms with Gasteiger partial charge in [-0.25, -0.2) is 4.98 Å². The molecule has 0 fully saturated rings. The molecule has 0 spiro atoms. The van der Waals surface area contributed by atoms with E-state index >= 15 is 0 Å². The second-order valence-electron chi connectivity index (χ2n) is 5.10. The van der Waals surface area contributed by atoms with Gasteiger partial charge in [0, 0.05) is 10.8 Å². The van der Waals surface area contributed by atoms with Gasteiger partial charge in [-0.1, -0.05) is 48.5 Å². The second-order valence-corrected chi connectivity index (χ2v) is 6.57. The molecule has 2 aromatic rings. The zero-order chi connectivity index (χ0) is 17.7. The van der Waals surface area contributed by atoms with Crippen molar-refractivity contribution in [2.45, 2.75) is 31.0 Å². The van der Waals surface area contributed by atoms with E-state index in [2.05, 4.69) is 4.98 Å². The van der Waals surface area contributed by atoms with Crippen molar-refractivity contribution in [3.8, 4) is 0 Å². The molecule has 0 aliphatic rings. The van der Waals surface area contributed by atoms with Crippen molar-refractivity contribution >= 4 is 35.3 Å². The Bertz CT molecular complexity index is 733. The van der Waals surface area contributed by atoms with Crippen molar-refractivity contribution in [2.75, 3.05) is 5.75 Å². The molecule has 1 heterocycles. The van der Waals surface area contributed by atoms with Crippen LogP contribution in [-0.4, -0.2) is 37.5 Å². The van der Waals surface area contributed by atoms with Crippen molar-refractivity contribution < 1.29 is 19.8 Å². The Morgan fingerprint density at radius 2 is 1.96 bits per heavy atom. The number of carbonyl (C=O) groups is 2. The lowest BCUT2D eigenvalue weighted by Crippen LogP contribution is -2.24. The van der Waals surface area contributed by atoms with E-state index < -0.39 is 17.9 Å². The van der Waals surface area contributed by atoms with Gasteiger partial charge in [-0.2, -0.15) is 0 Å². The van der Waals surface area contributed by atoms with Gasteiger partial charge in [0.15, 0.2) is 11.1 Å². The third-order valence-electron chi connectivity index (χ3n) is 3.36. The third kappa shape index (κ3) is 4.10. The lowest BCUT2D eigenvalue weighted by atomic mass is 10.1. The van der Waals surface area contributed by atoms with Crippen LogP contribution in [-0.2, 0) is 16.1 Å². The molecule has 0 saturated carbocycles. The summed E-state index contributed by atoms with van der Waals surface area (Å²) in [6.07, 6.45) is 2.24. The number of thioether (sulfide) groups is 1. The normalized spacial score (nSPS) is 11.0. The smallest absolute Gasteiger partial charge is 0.324 e. The van der Waals surface area contributed by atoms with E-state index in [1.807, 2.05) is 19.1 Å². The number of carboxylic acids is 2. The Kier molecular flexibility index (Phi) is 6.28. The predicted molar refractivity (Wildman–Crippen MR) is 91.8 cm³/mol. The largest absolute Gasteiger partial charge is 0.480 e. The van der Waals surface area contributed by atoms with Crippen LogP contribution in [0, 0.1) is 0 Å². The highest BCUT2D eigenvalue weighted by atomic mass is 35.5. The predicted octanol–water partition coefficient (Wildman–Crippen LogP) is 3.34. The van der Waals surface area contributed by atoms with Gasteiger partial charge in [-0.05, 0) is 18.1 Å². The van der Waals surface area contributed by atoms with Crippen molar-refractivity contribution in [1.29, 1.82) is 0 Å². The van der Waals surface area contributed by atoms with E-state index in [-0.39, 0.29) is 12.2 Å². The number of carboxylic acid groups (broad SMARTS) is 2. The Balaban J connectivity index is 2.48. The number of benzene rings is 1. The maximum Gasteiger partial charge on any atom is 0.324 e. The average Bonchev–Trinajstić information content (AvgIpc) is 2.89. The van der Waals surface area contributed by atoms with E-state index in [4.69, 9.17) is 11.6 Å². The molecular formula is C16H17ClN2O4S. The highest BCUT2D eigenvalue weighted by molar-refractivity contribution is 7.99. The molecule has 1 aromatic carbocycles. The van der Waals surface area contributed by atoms with Crippen LogP contribution in [0.1, 0.15) is 30.5 Å². The zero-order valence-electron chi connectivity index (χ0n) is 13.0. The molecular weight excluding hydrogens is 352 g/mol. The van der Waals surface area contributed by atoms with Crippen molar-refractivity contribution in [1.82, 2.24) is 9.55 Å². The molecule has 128 valence electrons. The first-order valence-corrected chi connectivity index (χ1v) is 8.69. The minimum Gasteiger partial charge on any atom is -0.480 e. The summed E-state index contributed by atoms with van der Waals surface area (Å²) in [5.74, 6) is -3.72. The summed E-state index contributed by atoms with van der Waals surface area (Å²) in [4.78, 5) is 27.0. The lowest BCUT2D eigenvalue weighted by Gasteiger charge is -2.15. The van der Waals surface area contributed by atoms with Crippen LogP contribution < -0.4 is 0 Å². The third-order valence-corrected chi connectivity index (χ3v) is 4.93. The van der Waals surface area contributed by atoms with Gasteiger partial charge in [0.05, 0.1) is 18.4 Å². The standard InChI is InChI=1S/C16H17ClN2O4S/c1-2-7-24-16-18-8-12(13(14(20)21)15(22)23)19(16)9-10-5-3-4-6-11(10)17/h3-6,8,13H,2,7,9H2,1H3,(H,20,21)(H,22,23). The monoisotopic (exact) mass is 368 g/mol. The molecule has 0 radical (unpaired) electrons.